The summed E-state index contributed by atoms with van der Waals surface area (Å²) in [7, 11) is 0. The van der Waals surface area contributed by atoms with E-state index in [1.165, 1.54) is 17.1 Å². The van der Waals surface area contributed by atoms with Crippen LogP contribution in [0.15, 0.2) is 84.3 Å². The van der Waals surface area contributed by atoms with Gasteiger partial charge in [0.15, 0.2) is 5.60 Å². The molecule has 0 amide bonds. The summed E-state index contributed by atoms with van der Waals surface area (Å²) in [5.41, 5.74) is -4.66. The van der Waals surface area contributed by atoms with Crippen LogP contribution in [0.2, 0.25) is 0 Å². The molecule has 2 aromatic carbocycles. The summed E-state index contributed by atoms with van der Waals surface area (Å²) in [6.07, 6.45) is 3.18. The standard InChI is InChI=1S/C24H18F4N8O2/c25-17-6-8-19(20(26)10-17)23(38,13-34-14-30-32-33-34)24(27,28)21-9-7-18(11-29-21)35-15-31-36(22(35)37)12-16-4-2-1-3-5-16/h1-11,14-15,38H,12-13H2. The molecule has 38 heavy (non-hydrogen) atoms. The topological polar surface area (TPSA) is 117 Å². The number of rotatable bonds is 8. The monoisotopic (exact) mass is 526 g/mol. The van der Waals surface area contributed by atoms with Gasteiger partial charge in [0.1, 0.15) is 30.0 Å². The molecule has 10 nitrogen and oxygen atoms in total. The Labute approximate surface area is 211 Å². The minimum absolute atomic E-state index is 0.130. The number of aliphatic hydroxyl groups is 1. The summed E-state index contributed by atoms with van der Waals surface area (Å²) in [6.45, 7) is -0.783. The van der Waals surface area contributed by atoms with Gasteiger partial charge in [0.05, 0.1) is 25.0 Å². The first-order valence-corrected chi connectivity index (χ1v) is 11.1. The van der Waals surface area contributed by atoms with E-state index in [0.717, 1.165) is 45.5 Å². The molecule has 0 saturated carbocycles. The Hall–Kier alpha value is -4.72. The first-order valence-electron chi connectivity index (χ1n) is 11.1. The maximum Gasteiger partial charge on any atom is 0.350 e. The predicted octanol–water partition coefficient (Wildman–Crippen LogP) is 2.42. The zero-order valence-corrected chi connectivity index (χ0v) is 19.4. The van der Waals surface area contributed by atoms with Crippen LogP contribution in [0.4, 0.5) is 17.6 Å². The lowest BCUT2D eigenvalue weighted by molar-refractivity contribution is -0.207. The van der Waals surface area contributed by atoms with Crippen molar-refractivity contribution in [1.82, 2.24) is 39.5 Å². The average Bonchev–Trinajstić information content (AvgIpc) is 3.54. The molecule has 0 aliphatic rings. The zero-order chi connectivity index (χ0) is 26.9. The van der Waals surface area contributed by atoms with Gasteiger partial charge in [-0.05, 0) is 40.3 Å². The van der Waals surface area contributed by atoms with Gasteiger partial charge in [-0.25, -0.2) is 27.5 Å². The quantitative estimate of drug-likeness (QED) is 0.309. The van der Waals surface area contributed by atoms with Gasteiger partial charge in [-0.1, -0.05) is 30.3 Å². The summed E-state index contributed by atoms with van der Waals surface area (Å²) in [4.78, 5) is 16.6. The van der Waals surface area contributed by atoms with Gasteiger partial charge >= 0.3 is 11.6 Å². The Kier molecular flexibility index (Phi) is 6.32. The minimum atomic E-state index is -4.22. The molecule has 0 aliphatic carbocycles. The third-order valence-corrected chi connectivity index (χ3v) is 5.93. The summed E-state index contributed by atoms with van der Waals surface area (Å²) >= 11 is 0. The van der Waals surface area contributed by atoms with Crippen molar-refractivity contribution < 1.29 is 22.7 Å². The van der Waals surface area contributed by atoms with E-state index < -0.39 is 46.6 Å². The van der Waals surface area contributed by atoms with Gasteiger partial charge < -0.3 is 5.11 Å². The van der Waals surface area contributed by atoms with E-state index in [0.29, 0.717) is 6.07 Å². The van der Waals surface area contributed by atoms with E-state index in [1.807, 2.05) is 30.3 Å². The maximum absolute atomic E-state index is 15.9. The predicted molar refractivity (Wildman–Crippen MR) is 123 cm³/mol. The number of hydrogen-bond acceptors (Lipinski definition) is 7. The maximum atomic E-state index is 15.9. The van der Waals surface area contributed by atoms with Crippen molar-refractivity contribution in [1.29, 1.82) is 0 Å². The van der Waals surface area contributed by atoms with Crippen molar-refractivity contribution in [2.24, 2.45) is 0 Å². The van der Waals surface area contributed by atoms with Gasteiger partial charge in [-0.2, -0.15) is 13.9 Å². The van der Waals surface area contributed by atoms with E-state index in [4.69, 9.17) is 0 Å². The second kappa shape index (κ2) is 9.63. The highest BCUT2D eigenvalue weighted by molar-refractivity contribution is 5.34. The fourth-order valence-corrected chi connectivity index (χ4v) is 3.97. The van der Waals surface area contributed by atoms with Gasteiger partial charge in [0.25, 0.3) is 0 Å². The molecule has 14 heteroatoms. The number of alkyl halides is 2. The van der Waals surface area contributed by atoms with Crippen molar-refractivity contribution in [3.05, 3.63) is 118 Å². The number of aromatic nitrogens is 8. The van der Waals surface area contributed by atoms with Crippen LogP contribution in [0, 0.1) is 11.6 Å². The molecule has 0 bridgehead atoms. The number of nitrogens with zero attached hydrogens (tertiary/aromatic N) is 8. The highest BCUT2D eigenvalue weighted by atomic mass is 19.3. The number of pyridine rings is 1. The molecule has 0 aliphatic heterocycles. The minimum Gasteiger partial charge on any atom is -0.377 e. The Balaban J connectivity index is 1.49. The lowest BCUT2D eigenvalue weighted by Crippen LogP contribution is -2.48. The zero-order valence-electron chi connectivity index (χ0n) is 19.4. The van der Waals surface area contributed by atoms with Crippen LogP contribution in [0.25, 0.3) is 5.69 Å². The van der Waals surface area contributed by atoms with Crippen LogP contribution >= 0.6 is 0 Å². The Morgan fingerprint density at radius 2 is 1.76 bits per heavy atom. The van der Waals surface area contributed by atoms with Crippen LogP contribution in [0.1, 0.15) is 16.8 Å². The van der Waals surface area contributed by atoms with Crippen molar-refractivity contribution in [3.63, 3.8) is 0 Å². The third kappa shape index (κ3) is 4.45. The smallest absolute Gasteiger partial charge is 0.350 e. The van der Waals surface area contributed by atoms with E-state index in [1.54, 1.807) is 0 Å². The highest BCUT2D eigenvalue weighted by Crippen LogP contribution is 2.46. The van der Waals surface area contributed by atoms with Crippen molar-refractivity contribution >= 4 is 0 Å². The number of benzene rings is 2. The largest absolute Gasteiger partial charge is 0.377 e. The second-order valence-corrected chi connectivity index (χ2v) is 8.39. The highest BCUT2D eigenvalue weighted by Gasteiger charge is 2.58. The Morgan fingerprint density at radius 1 is 0.974 bits per heavy atom. The first kappa shape index (κ1) is 25.0. The van der Waals surface area contributed by atoms with Gasteiger partial charge in [0, 0.05) is 11.6 Å². The molecule has 3 aromatic heterocycles. The fraction of sp³-hybridized carbons (Fsp3) is 0.167. The van der Waals surface area contributed by atoms with E-state index in [-0.39, 0.29) is 12.2 Å². The Morgan fingerprint density at radius 3 is 2.42 bits per heavy atom. The van der Waals surface area contributed by atoms with Crippen molar-refractivity contribution in [3.8, 4) is 5.69 Å². The van der Waals surface area contributed by atoms with Crippen LogP contribution in [0.3, 0.4) is 0 Å². The molecule has 0 saturated heterocycles. The average molecular weight is 526 g/mol. The molecule has 194 valence electrons. The molecule has 1 atom stereocenters. The SMILES string of the molecule is O=c1n(-c2ccc(C(F)(F)C(O)(Cn3cnnn3)c3ccc(F)cc3F)nc2)cnn1Cc1ccccc1. The molecule has 5 aromatic rings. The van der Waals surface area contributed by atoms with Crippen molar-refractivity contribution in [2.45, 2.75) is 24.6 Å². The summed E-state index contributed by atoms with van der Waals surface area (Å²) in [5.74, 6) is -6.63. The lowest BCUT2D eigenvalue weighted by Gasteiger charge is -2.35. The normalized spacial score (nSPS) is 13.4. The van der Waals surface area contributed by atoms with Crippen molar-refractivity contribution in [2.75, 3.05) is 0 Å². The number of hydrogen-bond donors (Lipinski definition) is 1. The van der Waals surface area contributed by atoms with E-state index >= 15 is 8.78 Å². The summed E-state index contributed by atoms with van der Waals surface area (Å²) in [5, 5.41) is 25.5. The number of halogens is 4. The summed E-state index contributed by atoms with van der Waals surface area (Å²) < 4.78 is 63.0. The van der Waals surface area contributed by atoms with E-state index in [9.17, 15) is 18.7 Å². The van der Waals surface area contributed by atoms with Crippen LogP contribution < -0.4 is 5.69 Å². The third-order valence-electron chi connectivity index (χ3n) is 5.93. The van der Waals surface area contributed by atoms with Crippen LogP contribution in [-0.4, -0.2) is 44.6 Å². The molecule has 0 fully saturated rings. The molecule has 1 N–H and O–H groups in total. The van der Waals surface area contributed by atoms with Gasteiger partial charge in [-0.3, -0.25) is 4.98 Å². The molecule has 1 unspecified atom stereocenters. The Bertz CT molecular complexity index is 1600. The fourth-order valence-electron chi connectivity index (χ4n) is 3.97. The summed E-state index contributed by atoms with van der Waals surface area (Å²) in [6, 6.07) is 13.0. The van der Waals surface area contributed by atoms with Crippen LogP contribution in [-0.2, 0) is 24.6 Å². The lowest BCUT2D eigenvalue weighted by atomic mass is 9.84. The molecule has 3 heterocycles. The van der Waals surface area contributed by atoms with Gasteiger partial charge in [0.2, 0.25) is 0 Å². The molecular formula is C24H18F4N8O2. The first-order chi connectivity index (χ1) is 18.2. The molecule has 0 radical (unpaired) electrons. The molecular weight excluding hydrogens is 508 g/mol. The van der Waals surface area contributed by atoms with E-state index in [2.05, 4.69) is 25.6 Å². The second-order valence-electron chi connectivity index (χ2n) is 8.39. The molecule has 0 spiro atoms. The van der Waals surface area contributed by atoms with Gasteiger partial charge in [-0.15, -0.1) is 5.10 Å². The van der Waals surface area contributed by atoms with Crippen LogP contribution in [0.5, 0.6) is 0 Å². The number of tetrazole rings is 1. The molecule has 5 rings (SSSR count).